The molecule has 0 N–H and O–H groups in total. The number of hydrogen-bond acceptors (Lipinski definition) is 3. The number of hydrogen-bond donors (Lipinski definition) is 0. The summed E-state index contributed by atoms with van der Waals surface area (Å²) in [6.07, 6.45) is 4.42. The van der Waals surface area contributed by atoms with Gasteiger partial charge in [0.1, 0.15) is 0 Å². The summed E-state index contributed by atoms with van der Waals surface area (Å²) in [5.74, 6) is 0. The Morgan fingerprint density at radius 3 is 2.07 bits per heavy atom. The Hall–Kier alpha value is -5.43. The lowest BCUT2D eigenvalue weighted by Gasteiger charge is -2.20. The molecule has 2 heterocycles. The molecule has 8 rings (SSSR count). The summed E-state index contributed by atoms with van der Waals surface area (Å²) in [5.41, 5.74) is 14.8. The van der Waals surface area contributed by atoms with Crippen LogP contribution in [0.25, 0.3) is 32.5 Å². The van der Waals surface area contributed by atoms with Gasteiger partial charge in [0.05, 0.1) is 20.0 Å². The van der Waals surface area contributed by atoms with Gasteiger partial charge in [-0.15, -0.1) is 11.3 Å². The predicted molar refractivity (Wildman–Crippen MR) is 247 cm³/mol. The summed E-state index contributed by atoms with van der Waals surface area (Å²) in [6.45, 7) is 8.67. The largest absolute Gasteiger partial charge is 0.252 e. The van der Waals surface area contributed by atoms with Gasteiger partial charge in [-0.05, 0) is 84.4 Å². The third-order valence-electron chi connectivity index (χ3n) is 9.92. The fourth-order valence-corrected chi connectivity index (χ4v) is 13.3. The highest BCUT2D eigenvalue weighted by atomic mass is 127. The summed E-state index contributed by atoms with van der Waals surface area (Å²) in [4.78, 5) is 12.0. The van der Waals surface area contributed by atoms with E-state index in [0.29, 0.717) is 0 Å². The van der Waals surface area contributed by atoms with Crippen LogP contribution in [-0.2, 0) is 0 Å². The molecule has 264 valence electrons. The van der Waals surface area contributed by atoms with Crippen LogP contribution < -0.4 is 0 Å². The molecule has 0 saturated heterocycles. The Bertz CT molecular complexity index is 2740. The van der Waals surface area contributed by atoms with Crippen LogP contribution in [0.3, 0.4) is 0 Å². The fraction of sp³-hybridized carbons (Fsp3) is 0.0800. The van der Waals surface area contributed by atoms with E-state index < -0.39 is 18.9 Å². The summed E-state index contributed by atoms with van der Waals surface area (Å²) >= 11 is -0.294. The monoisotopic (exact) mass is 828 g/mol. The molecule has 0 aliphatic carbocycles. The number of allylic oxidation sites excluding steroid dienone is 3. The van der Waals surface area contributed by atoms with Crippen LogP contribution in [0, 0.1) is 13.8 Å². The van der Waals surface area contributed by atoms with E-state index in [1.807, 2.05) is 17.4 Å². The lowest BCUT2D eigenvalue weighted by atomic mass is 9.89. The average molecular weight is 829 g/mol. The van der Waals surface area contributed by atoms with Crippen molar-refractivity contribution in [1.82, 2.24) is 0 Å². The zero-order chi connectivity index (χ0) is 37.2. The van der Waals surface area contributed by atoms with Crippen LogP contribution in [0.1, 0.15) is 57.7 Å². The number of benzene rings is 6. The second kappa shape index (κ2) is 15.5. The maximum atomic E-state index is 5.39. The topological polar surface area (TPSA) is 24.7 Å². The first-order chi connectivity index (χ1) is 26.4. The van der Waals surface area contributed by atoms with Crippen molar-refractivity contribution in [1.29, 1.82) is 0 Å². The first-order valence-electron chi connectivity index (χ1n) is 18.2. The number of thiophene rings is 1. The van der Waals surface area contributed by atoms with Gasteiger partial charge in [-0.25, -0.2) is 4.99 Å². The highest BCUT2D eigenvalue weighted by Gasteiger charge is 2.25. The van der Waals surface area contributed by atoms with Crippen LogP contribution >= 0.6 is 30.2 Å². The third kappa shape index (κ3) is 6.88. The van der Waals surface area contributed by atoms with Gasteiger partial charge in [0, 0.05) is 30.4 Å². The smallest absolute Gasteiger partial charge is 0.0986 e. The van der Waals surface area contributed by atoms with Gasteiger partial charge in [0.2, 0.25) is 0 Å². The molecule has 0 unspecified atom stereocenters. The maximum Gasteiger partial charge on any atom is 0.0986 e. The Morgan fingerprint density at radius 1 is 0.704 bits per heavy atom. The highest BCUT2D eigenvalue weighted by molar-refractivity contribution is 14.2. The molecule has 0 saturated carbocycles. The van der Waals surface area contributed by atoms with Gasteiger partial charge < -0.3 is 0 Å². The molecule has 0 bridgehead atoms. The molecule has 2 nitrogen and oxygen atoms in total. The van der Waals surface area contributed by atoms with Crippen LogP contribution in [0.15, 0.2) is 174 Å². The Balaban J connectivity index is 1.30. The van der Waals surface area contributed by atoms with Gasteiger partial charge >= 0.3 is 0 Å². The van der Waals surface area contributed by atoms with E-state index in [1.165, 1.54) is 51.9 Å². The van der Waals surface area contributed by atoms with Crippen molar-refractivity contribution in [3.05, 3.63) is 208 Å². The molecular formula is C50H41IN2S. The molecule has 4 heteroatoms. The van der Waals surface area contributed by atoms with Crippen LogP contribution in [-0.4, -0.2) is 17.5 Å². The Kier molecular flexibility index (Phi) is 10.2. The summed E-state index contributed by atoms with van der Waals surface area (Å²) in [5, 5.41) is 1.21. The molecular weight excluding hydrogens is 788 g/mol. The quantitative estimate of drug-likeness (QED) is 0.0828. The first-order valence-corrected chi connectivity index (χ1v) is 22.7. The van der Waals surface area contributed by atoms with Gasteiger partial charge in [-0.1, -0.05) is 175 Å². The van der Waals surface area contributed by atoms with Crippen molar-refractivity contribution in [3.8, 4) is 11.1 Å². The predicted octanol–water partition coefficient (Wildman–Crippen LogP) is 13.7. The second-order valence-corrected chi connectivity index (χ2v) is 18.7. The SMILES string of the molecule is C=I1=C(c2ccc(-c3c(C)cccc3/C(=C/C(=C/C)c3ccccc3)N=C(C)c3ccccc3)c(C)c2)c2sc3ccccc3c2N=C1c1ccccc1. The van der Waals surface area contributed by atoms with E-state index in [4.69, 9.17) is 14.5 Å². The summed E-state index contributed by atoms with van der Waals surface area (Å²) < 4.78 is 8.73. The molecule has 0 spiro atoms. The molecule has 54 heavy (non-hydrogen) atoms. The van der Waals surface area contributed by atoms with E-state index in [9.17, 15) is 0 Å². The maximum absolute atomic E-state index is 5.39. The molecule has 1 aromatic heterocycles. The molecule has 0 amide bonds. The van der Waals surface area contributed by atoms with E-state index in [2.05, 4.69) is 185 Å². The average Bonchev–Trinajstić information content (AvgIpc) is 3.58. The second-order valence-electron chi connectivity index (χ2n) is 13.5. The summed E-state index contributed by atoms with van der Waals surface area (Å²) in [7, 11) is 0. The van der Waals surface area contributed by atoms with E-state index in [-0.39, 0.29) is 0 Å². The number of halogens is 1. The minimum Gasteiger partial charge on any atom is -0.252 e. The number of fused-ring (bicyclic) bond motifs is 3. The van der Waals surface area contributed by atoms with Crippen LogP contribution in [0.4, 0.5) is 5.69 Å². The minimum absolute atomic E-state index is 0.932. The van der Waals surface area contributed by atoms with E-state index in [1.54, 1.807) is 0 Å². The Labute approximate surface area is 329 Å². The van der Waals surface area contributed by atoms with Crippen molar-refractivity contribution in [3.63, 3.8) is 0 Å². The lowest BCUT2D eigenvalue weighted by molar-refractivity contribution is 1.37. The van der Waals surface area contributed by atoms with E-state index >= 15 is 0 Å². The van der Waals surface area contributed by atoms with Crippen LogP contribution in [0.2, 0.25) is 0 Å². The molecule has 0 atom stereocenters. The lowest BCUT2D eigenvalue weighted by Crippen LogP contribution is -2.08. The zero-order valence-corrected chi connectivity index (χ0v) is 34.0. The molecule has 7 aromatic rings. The highest BCUT2D eigenvalue weighted by Crippen LogP contribution is 2.47. The normalized spacial score (nSPS) is 14.0. The number of nitrogens with zero attached hydrogens (tertiary/aromatic N) is 2. The van der Waals surface area contributed by atoms with Crippen molar-refractivity contribution in [2.24, 2.45) is 9.98 Å². The molecule has 0 radical (unpaired) electrons. The van der Waals surface area contributed by atoms with Crippen molar-refractivity contribution in [2.45, 2.75) is 27.7 Å². The van der Waals surface area contributed by atoms with Crippen molar-refractivity contribution in [2.75, 3.05) is 0 Å². The first kappa shape index (κ1) is 35.6. The molecule has 0 fully saturated rings. The van der Waals surface area contributed by atoms with Crippen molar-refractivity contribution >= 4 is 74.7 Å². The molecule has 1 aliphatic heterocycles. The van der Waals surface area contributed by atoms with Gasteiger partial charge in [0.25, 0.3) is 0 Å². The van der Waals surface area contributed by atoms with Gasteiger partial charge in [0.15, 0.2) is 0 Å². The molecule has 6 aromatic carbocycles. The fourth-order valence-electron chi connectivity index (χ4n) is 7.19. The van der Waals surface area contributed by atoms with E-state index in [0.717, 1.165) is 43.1 Å². The van der Waals surface area contributed by atoms with Gasteiger partial charge in [-0.2, -0.15) is 0 Å². The zero-order valence-electron chi connectivity index (χ0n) is 31.0. The standard InChI is InChI=1S/C50H41IN2S/c1-6-36(38-22-12-8-13-23-38)32-44(52-35(4)37-20-10-7-11-21-37)42-27-18-19-33(2)46(42)41-30-29-40(31-34(41)3)47-49-48(43-26-16-17-28-45(43)54-49)53-50(51(47)5)39-24-14-9-15-25-39/h6-32H,5H2,1-4H3/b36-6-,44-32-,52-35?. The van der Waals surface area contributed by atoms with Crippen molar-refractivity contribution < 1.29 is 0 Å². The summed E-state index contributed by atoms with van der Waals surface area (Å²) in [6, 6.07) is 54.0. The minimum atomic E-state index is -2.15. The number of rotatable bonds is 8. The number of aliphatic imine (C=N–C) groups is 2. The Morgan fingerprint density at radius 2 is 1.37 bits per heavy atom. The molecule has 1 aliphatic rings. The number of aryl methyl sites for hydroxylation is 2. The third-order valence-corrected chi connectivity index (χ3v) is 16.0. The van der Waals surface area contributed by atoms with Crippen LogP contribution in [0.5, 0.6) is 0 Å². The van der Waals surface area contributed by atoms with Gasteiger partial charge in [-0.3, -0.25) is 4.99 Å².